The number of nitrogens with two attached hydrogens (primary N) is 1. The van der Waals surface area contributed by atoms with Crippen molar-refractivity contribution in [2.75, 3.05) is 6.54 Å². The summed E-state index contributed by atoms with van der Waals surface area (Å²) >= 11 is 0. The molecule has 3 unspecified atom stereocenters. The van der Waals surface area contributed by atoms with Crippen molar-refractivity contribution in [3.05, 3.63) is 35.4 Å². The predicted molar refractivity (Wildman–Crippen MR) is 77.6 cm³/mol. The van der Waals surface area contributed by atoms with E-state index < -0.39 is 0 Å². The van der Waals surface area contributed by atoms with Crippen molar-refractivity contribution in [2.45, 2.75) is 58.2 Å². The molecule has 0 bridgehead atoms. The molecule has 0 amide bonds. The van der Waals surface area contributed by atoms with Gasteiger partial charge in [-0.05, 0) is 38.7 Å². The molecule has 2 N–H and O–H groups in total. The highest BCUT2D eigenvalue weighted by Gasteiger charge is 2.34. The minimum atomic E-state index is 0.382. The maximum Gasteiger partial charge on any atom is 0.0476 e. The van der Waals surface area contributed by atoms with Crippen LogP contribution in [0.1, 0.15) is 50.3 Å². The molecule has 2 nitrogen and oxygen atoms in total. The maximum atomic E-state index is 6.06. The van der Waals surface area contributed by atoms with Crippen LogP contribution in [0.2, 0.25) is 0 Å². The summed E-state index contributed by atoms with van der Waals surface area (Å²) in [5, 5.41) is 0. The molecule has 18 heavy (non-hydrogen) atoms. The van der Waals surface area contributed by atoms with Gasteiger partial charge in [-0.15, -0.1) is 0 Å². The van der Waals surface area contributed by atoms with Gasteiger partial charge < -0.3 is 5.73 Å². The molecule has 3 atom stereocenters. The number of hydrogen-bond acceptors (Lipinski definition) is 2. The van der Waals surface area contributed by atoms with Gasteiger partial charge in [-0.3, -0.25) is 4.90 Å². The van der Waals surface area contributed by atoms with Gasteiger partial charge >= 0.3 is 0 Å². The summed E-state index contributed by atoms with van der Waals surface area (Å²) in [7, 11) is 0. The van der Waals surface area contributed by atoms with E-state index in [1.807, 2.05) is 0 Å². The topological polar surface area (TPSA) is 29.3 Å². The Morgan fingerprint density at radius 3 is 2.50 bits per heavy atom. The van der Waals surface area contributed by atoms with Gasteiger partial charge in [0.2, 0.25) is 0 Å². The lowest BCUT2D eigenvalue weighted by molar-refractivity contribution is 0.137. The van der Waals surface area contributed by atoms with Crippen LogP contribution in [0.25, 0.3) is 0 Å². The third-order valence-electron chi connectivity index (χ3n) is 4.36. The molecule has 2 heteroatoms. The van der Waals surface area contributed by atoms with Crippen molar-refractivity contribution in [1.82, 2.24) is 4.90 Å². The molecule has 1 heterocycles. The summed E-state index contributed by atoms with van der Waals surface area (Å²) in [5.41, 5.74) is 8.75. The molecule has 0 radical (unpaired) electrons. The third kappa shape index (κ3) is 2.60. The number of nitrogens with zero attached hydrogens (tertiary/aromatic N) is 1. The van der Waals surface area contributed by atoms with Crippen molar-refractivity contribution in [3.63, 3.8) is 0 Å². The lowest BCUT2D eigenvalue weighted by atomic mass is 10.0. The SMILES string of the molecule is CCC1CCC(C)N1C(CN)c1ccc(C)cc1. The Kier molecular flexibility index (Phi) is 4.41. The molecule has 2 rings (SSSR count). The standard InChI is InChI=1S/C16H26N2/c1-4-15-10-7-13(3)18(15)16(11-17)14-8-5-12(2)6-9-14/h5-6,8-9,13,15-16H,4,7,10-11,17H2,1-3H3. The summed E-state index contributed by atoms with van der Waals surface area (Å²) in [6.07, 6.45) is 3.85. The fourth-order valence-electron chi connectivity index (χ4n) is 3.29. The number of benzene rings is 1. The number of rotatable bonds is 4. The molecule has 1 aromatic carbocycles. The van der Waals surface area contributed by atoms with E-state index in [2.05, 4.69) is 49.9 Å². The smallest absolute Gasteiger partial charge is 0.0476 e. The average molecular weight is 246 g/mol. The summed E-state index contributed by atoms with van der Waals surface area (Å²) in [6, 6.07) is 10.6. The normalized spacial score (nSPS) is 26.4. The van der Waals surface area contributed by atoms with Crippen molar-refractivity contribution in [1.29, 1.82) is 0 Å². The summed E-state index contributed by atoms with van der Waals surface area (Å²) in [6.45, 7) is 7.48. The maximum absolute atomic E-state index is 6.06. The molecule has 1 aromatic rings. The van der Waals surface area contributed by atoms with E-state index in [4.69, 9.17) is 5.73 Å². The van der Waals surface area contributed by atoms with Crippen LogP contribution in [0.5, 0.6) is 0 Å². The molecule has 0 aromatic heterocycles. The van der Waals surface area contributed by atoms with Crippen LogP contribution in [0, 0.1) is 6.92 Å². The fourth-order valence-corrected chi connectivity index (χ4v) is 3.29. The minimum Gasteiger partial charge on any atom is -0.329 e. The van der Waals surface area contributed by atoms with Gasteiger partial charge in [0.25, 0.3) is 0 Å². The van der Waals surface area contributed by atoms with Crippen LogP contribution in [-0.2, 0) is 0 Å². The second-order valence-corrected chi connectivity index (χ2v) is 5.60. The molecule has 1 aliphatic heterocycles. The van der Waals surface area contributed by atoms with Gasteiger partial charge in [-0.25, -0.2) is 0 Å². The lowest BCUT2D eigenvalue weighted by Gasteiger charge is -2.35. The first-order valence-electron chi connectivity index (χ1n) is 7.21. The monoisotopic (exact) mass is 246 g/mol. The van der Waals surface area contributed by atoms with Gasteiger partial charge in [0.05, 0.1) is 0 Å². The Balaban J connectivity index is 2.24. The zero-order chi connectivity index (χ0) is 13.1. The largest absolute Gasteiger partial charge is 0.329 e. The van der Waals surface area contributed by atoms with Crippen LogP contribution >= 0.6 is 0 Å². The van der Waals surface area contributed by atoms with E-state index in [-0.39, 0.29) is 0 Å². The Morgan fingerprint density at radius 1 is 1.28 bits per heavy atom. The number of hydrogen-bond donors (Lipinski definition) is 1. The zero-order valence-electron chi connectivity index (χ0n) is 11.9. The van der Waals surface area contributed by atoms with Crippen LogP contribution in [-0.4, -0.2) is 23.5 Å². The molecule has 1 saturated heterocycles. The Hall–Kier alpha value is -0.860. The quantitative estimate of drug-likeness (QED) is 0.883. The van der Waals surface area contributed by atoms with Crippen molar-refractivity contribution >= 4 is 0 Å². The average Bonchev–Trinajstić information content (AvgIpc) is 2.74. The first kappa shape index (κ1) is 13.6. The van der Waals surface area contributed by atoms with E-state index in [0.717, 1.165) is 0 Å². The van der Waals surface area contributed by atoms with Crippen molar-refractivity contribution in [3.8, 4) is 0 Å². The van der Waals surface area contributed by atoms with E-state index >= 15 is 0 Å². The van der Waals surface area contributed by atoms with Gasteiger partial charge in [-0.2, -0.15) is 0 Å². The van der Waals surface area contributed by atoms with Gasteiger partial charge in [0.1, 0.15) is 0 Å². The molecule has 0 spiro atoms. The van der Waals surface area contributed by atoms with E-state index in [0.29, 0.717) is 24.7 Å². The second-order valence-electron chi connectivity index (χ2n) is 5.60. The summed E-state index contributed by atoms with van der Waals surface area (Å²) < 4.78 is 0. The van der Waals surface area contributed by atoms with Crippen LogP contribution in [0.15, 0.2) is 24.3 Å². The highest BCUT2D eigenvalue weighted by Crippen LogP contribution is 2.34. The Bertz CT molecular complexity index is 371. The van der Waals surface area contributed by atoms with Gasteiger partial charge in [0.15, 0.2) is 0 Å². The second kappa shape index (κ2) is 5.85. The van der Waals surface area contributed by atoms with Crippen molar-refractivity contribution < 1.29 is 0 Å². The molecular weight excluding hydrogens is 220 g/mol. The van der Waals surface area contributed by atoms with Gasteiger partial charge in [0, 0.05) is 24.7 Å². The van der Waals surface area contributed by atoms with Crippen LogP contribution < -0.4 is 5.73 Å². The third-order valence-corrected chi connectivity index (χ3v) is 4.36. The van der Waals surface area contributed by atoms with E-state index in [9.17, 15) is 0 Å². The van der Waals surface area contributed by atoms with Crippen molar-refractivity contribution in [2.24, 2.45) is 5.73 Å². The van der Waals surface area contributed by atoms with Crippen LogP contribution in [0.4, 0.5) is 0 Å². The Labute approximate surface area is 111 Å². The fraction of sp³-hybridized carbons (Fsp3) is 0.625. The molecule has 0 saturated carbocycles. The Morgan fingerprint density at radius 2 is 1.94 bits per heavy atom. The molecule has 1 fully saturated rings. The summed E-state index contributed by atoms with van der Waals surface area (Å²) in [5.74, 6) is 0. The summed E-state index contributed by atoms with van der Waals surface area (Å²) in [4.78, 5) is 2.64. The molecule has 100 valence electrons. The predicted octanol–water partition coefficient (Wildman–Crippen LogP) is 3.26. The number of likely N-dealkylation sites (tertiary alicyclic amines) is 1. The highest BCUT2D eigenvalue weighted by molar-refractivity contribution is 5.25. The first-order chi connectivity index (χ1) is 8.67. The van der Waals surface area contributed by atoms with E-state index in [1.165, 1.54) is 30.4 Å². The molecule has 1 aliphatic rings. The lowest BCUT2D eigenvalue weighted by Crippen LogP contribution is -2.41. The molecular formula is C16H26N2. The highest BCUT2D eigenvalue weighted by atomic mass is 15.2. The van der Waals surface area contributed by atoms with Gasteiger partial charge in [-0.1, -0.05) is 36.8 Å². The molecule has 0 aliphatic carbocycles. The number of aryl methyl sites for hydroxylation is 1. The zero-order valence-corrected chi connectivity index (χ0v) is 11.9. The first-order valence-corrected chi connectivity index (χ1v) is 7.21. The van der Waals surface area contributed by atoms with E-state index in [1.54, 1.807) is 0 Å². The minimum absolute atomic E-state index is 0.382. The van der Waals surface area contributed by atoms with Crippen LogP contribution in [0.3, 0.4) is 0 Å².